The average Bonchev–Trinajstić information content (AvgIpc) is 2.88. The average molecular weight is 286 g/mol. The van der Waals surface area contributed by atoms with Gasteiger partial charge in [0.15, 0.2) is 0 Å². The third-order valence-electron chi connectivity index (χ3n) is 3.73. The van der Waals surface area contributed by atoms with Gasteiger partial charge in [-0.05, 0) is 22.5 Å². The van der Waals surface area contributed by atoms with Crippen molar-refractivity contribution >= 4 is 0 Å². The standard InChI is InChI=1S/C18H26N2O/c1-17(2,3)13-10-14(18(4,5)6)16(21-7)15(11-13)20-9-8-19-12-20/h8-12H,1-7H3. The van der Waals surface area contributed by atoms with Crippen LogP contribution < -0.4 is 4.74 Å². The predicted molar refractivity (Wildman–Crippen MR) is 87.5 cm³/mol. The summed E-state index contributed by atoms with van der Waals surface area (Å²) in [4.78, 5) is 4.17. The lowest BCUT2D eigenvalue weighted by molar-refractivity contribution is 0.394. The molecule has 0 aliphatic rings. The van der Waals surface area contributed by atoms with E-state index in [-0.39, 0.29) is 10.8 Å². The quantitative estimate of drug-likeness (QED) is 0.814. The number of methoxy groups -OCH3 is 1. The molecule has 1 heterocycles. The Morgan fingerprint density at radius 3 is 2.10 bits per heavy atom. The SMILES string of the molecule is COc1c(-n2ccnc2)cc(C(C)(C)C)cc1C(C)(C)C. The highest BCUT2D eigenvalue weighted by Gasteiger charge is 2.26. The first-order valence-corrected chi connectivity index (χ1v) is 7.36. The van der Waals surface area contributed by atoms with Crippen molar-refractivity contribution in [3.05, 3.63) is 42.0 Å². The Bertz CT molecular complexity index is 614. The van der Waals surface area contributed by atoms with Crippen molar-refractivity contribution in [2.75, 3.05) is 7.11 Å². The zero-order chi connectivity index (χ0) is 15.8. The molecule has 1 aromatic heterocycles. The van der Waals surface area contributed by atoms with Gasteiger partial charge in [0.05, 0.1) is 19.1 Å². The van der Waals surface area contributed by atoms with Crippen LogP contribution in [0.25, 0.3) is 5.69 Å². The Labute approximate surface area is 128 Å². The zero-order valence-electron chi connectivity index (χ0n) is 14.2. The second-order valence-electron chi connectivity index (χ2n) is 7.55. The largest absolute Gasteiger partial charge is 0.494 e. The summed E-state index contributed by atoms with van der Waals surface area (Å²) < 4.78 is 7.76. The molecular formula is C18H26N2O. The van der Waals surface area contributed by atoms with Gasteiger partial charge >= 0.3 is 0 Å². The first-order valence-electron chi connectivity index (χ1n) is 7.36. The molecule has 0 saturated carbocycles. The summed E-state index contributed by atoms with van der Waals surface area (Å²) in [5, 5.41) is 0. The number of hydrogen-bond donors (Lipinski definition) is 0. The molecule has 0 aliphatic carbocycles. The van der Waals surface area contributed by atoms with Crippen LogP contribution in [0, 0.1) is 0 Å². The van der Waals surface area contributed by atoms with Crippen molar-refractivity contribution in [3.8, 4) is 11.4 Å². The maximum absolute atomic E-state index is 5.75. The molecule has 0 unspecified atom stereocenters. The van der Waals surface area contributed by atoms with Gasteiger partial charge in [-0.25, -0.2) is 4.98 Å². The summed E-state index contributed by atoms with van der Waals surface area (Å²) in [6.07, 6.45) is 5.56. The van der Waals surface area contributed by atoms with Crippen molar-refractivity contribution in [2.24, 2.45) is 0 Å². The van der Waals surface area contributed by atoms with Gasteiger partial charge in [0, 0.05) is 18.0 Å². The first-order chi connectivity index (χ1) is 9.64. The van der Waals surface area contributed by atoms with Crippen molar-refractivity contribution in [1.82, 2.24) is 9.55 Å². The van der Waals surface area contributed by atoms with Crippen LogP contribution in [0.2, 0.25) is 0 Å². The topological polar surface area (TPSA) is 27.1 Å². The second-order valence-corrected chi connectivity index (χ2v) is 7.55. The highest BCUT2D eigenvalue weighted by molar-refractivity contribution is 5.57. The Morgan fingerprint density at radius 1 is 1.00 bits per heavy atom. The normalized spacial score (nSPS) is 12.5. The van der Waals surface area contributed by atoms with E-state index in [4.69, 9.17) is 4.74 Å². The summed E-state index contributed by atoms with van der Waals surface area (Å²) in [6.45, 7) is 13.4. The minimum Gasteiger partial charge on any atom is -0.494 e. The molecule has 0 amide bonds. The number of nitrogens with zero attached hydrogens (tertiary/aromatic N) is 2. The fraction of sp³-hybridized carbons (Fsp3) is 0.500. The van der Waals surface area contributed by atoms with E-state index in [1.54, 1.807) is 13.3 Å². The van der Waals surface area contributed by atoms with E-state index in [1.807, 2.05) is 17.1 Å². The number of imidazole rings is 1. The number of rotatable bonds is 2. The van der Waals surface area contributed by atoms with Gasteiger partial charge in [-0.3, -0.25) is 0 Å². The highest BCUT2D eigenvalue weighted by Crippen LogP contribution is 2.39. The van der Waals surface area contributed by atoms with E-state index >= 15 is 0 Å². The fourth-order valence-corrected chi connectivity index (χ4v) is 2.41. The fourth-order valence-electron chi connectivity index (χ4n) is 2.41. The van der Waals surface area contributed by atoms with E-state index in [2.05, 4.69) is 58.7 Å². The lowest BCUT2D eigenvalue weighted by Gasteiger charge is -2.28. The van der Waals surface area contributed by atoms with E-state index in [1.165, 1.54) is 11.1 Å². The molecule has 1 aromatic carbocycles. The Kier molecular flexibility index (Phi) is 3.87. The van der Waals surface area contributed by atoms with Gasteiger partial charge in [0.2, 0.25) is 0 Å². The van der Waals surface area contributed by atoms with Gasteiger partial charge in [0.1, 0.15) is 5.75 Å². The number of hydrogen-bond acceptors (Lipinski definition) is 2. The Balaban J connectivity index is 2.79. The summed E-state index contributed by atoms with van der Waals surface area (Å²) in [7, 11) is 1.74. The van der Waals surface area contributed by atoms with Crippen LogP contribution >= 0.6 is 0 Å². The van der Waals surface area contributed by atoms with Crippen LogP contribution in [0.5, 0.6) is 5.75 Å². The van der Waals surface area contributed by atoms with Crippen LogP contribution in [-0.2, 0) is 10.8 Å². The number of benzene rings is 1. The van der Waals surface area contributed by atoms with Gasteiger partial charge in [0.25, 0.3) is 0 Å². The van der Waals surface area contributed by atoms with Crippen LogP contribution in [0.4, 0.5) is 0 Å². The van der Waals surface area contributed by atoms with E-state index in [9.17, 15) is 0 Å². The maximum atomic E-state index is 5.75. The van der Waals surface area contributed by atoms with E-state index in [0.29, 0.717) is 0 Å². The van der Waals surface area contributed by atoms with E-state index < -0.39 is 0 Å². The summed E-state index contributed by atoms with van der Waals surface area (Å²) in [6, 6.07) is 4.48. The van der Waals surface area contributed by atoms with Gasteiger partial charge in [-0.2, -0.15) is 0 Å². The van der Waals surface area contributed by atoms with Crippen molar-refractivity contribution in [3.63, 3.8) is 0 Å². The smallest absolute Gasteiger partial charge is 0.146 e. The molecule has 3 heteroatoms. The molecule has 0 bridgehead atoms. The minimum atomic E-state index is 0.0158. The molecule has 0 spiro atoms. The van der Waals surface area contributed by atoms with Gasteiger partial charge in [-0.15, -0.1) is 0 Å². The van der Waals surface area contributed by atoms with Crippen LogP contribution in [0.1, 0.15) is 52.7 Å². The summed E-state index contributed by atoms with van der Waals surface area (Å²) in [5.74, 6) is 0.925. The maximum Gasteiger partial charge on any atom is 0.146 e. The Hall–Kier alpha value is -1.77. The van der Waals surface area contributed by atoms with Crippen LogP contribution in [0.15, 0.2) is 30.9 Å². The molecule has 0 radical (unpaired) electrons. The molecule has 3 nitrogen and oxygen atoms in total. The molecule has 0 saturated heterocycles. The summed E-state index contributed by atoms with van der Waals surface area (Å²) >= 11 is 0. The third-order valence-corrected chi connectivity index (χ3v) is 3.73. The molecule has 0 fully saturated rings. The molecule has 2 aromatic rings. The number of ether oxygens (including phenoxy) is 1. The molecular weight excluding hydrogens is 260 g/mol. The predicted octanol–water partition coefficient (Wildman–Crippen LogP) is 4.48. The summed E-state index contributed by atoms with van der Waals surface area (Å²) in [5.41, 5.74) is 3.68. The lowest BCUT2D eigenvalue weighted by Crippen LogP contribution is -2.19. The molecule has 0 N–H and O–H groups in total. The number of aromatic nitrogens is 2. The molecule has 114 valence electrons. The molecule has 0 atom stereocenters. The van der Waals surface area contributed by atoms with Crippen molar-refractivity contribution in [2.45, 2.75) is 52.4 Å². The minimum absolute atomic E-state index is 0.0158. The van der Waals surface area contributed by atoms with Crippen LogP contribution in [-0.4, -0.2) is 16.7 Å². The lowest BCUT2D eigenvalue weighted by atomic mass is 9.79. The monoisotopic (exact) mass is 286 g/mol. The Morgan fingerprint density at radius 2 is 1.67 bits per heavy atom. The molecule has 21 heavy (non-hydrogen) atoms. The zero-order valence-corrected chi connectivity index (χ0v) is 14.2. The van der Waals surface area contributed by atoms with Crippen LogP contribution in [0.3, 0.4) is 0 Å². The van der Waals surface area contributed by atoms with Crippen molar-refractivity contribution in [1.29, 1.82) is 0 Å². The first kappa shape index (κ1) is 15.6. The van der Waals surface area contributed by atoms with Gasteiger partial charge < -0.3 is 9.30 Å². The molecule has 2 rings (SSSR count). The molecule has 0 aliphatic heterocycles. The van der Waals surface area contributed by atoms with Crippen molar-refractivity contribution < 1.29 is 4.74 Å². The van der Waals surface area contributed by atoms with Gasteiger partial charge in [-0.1, -0.05) is 47.6 Å². The third kappa shape index (κ3) is 3.12. The highest BCUT2D eigenvalue weighted by atomic mass is 16.5. The second kappa shape index (κ2) is 5.21. The van der Waals surface area contributed by atoms with E-state index in [0.717, 1.165) is 11.4 Å².